The number of allylic oxidation sites excluding steroid dienone is 2. The van der Waals surface area contributed by atoms with Crippen LogP contribution in [0, 0.1) is 27.8 Å². The monoisotopic (exact) mass is 423 g/mol. The van der Waals surface area contributed by atoms with Gasteiger partial charge in [-0.2, -0.15) is 0 Å². The zero-order valence-electron chi connectivity index (χ0n) is 16.5. The van der Waals surface area contributed by atoms with Crippen molar-refractivity contribution in [2.45, 2.75) is 19.8 Å². The molecule has 2 aliphatic rings. The van der Waals surface area contributed by atoms with Gasteiger partial charge in [0.05, 0.1) is 28.1 Å². The summed E-state index contributed by atoms with van der Waals surface area (Å²) in [6, 6.07) is 8.60. The SMILES string of the molecule is CC1=CC[C@@H]2C(=O)N(c3ccc(C(=O)Nc4cc([N+](=O)[O-])ccc4F)cc3)C(=O)[C@@H]2C1. The molecular weight excluding hydrogens is 405 g/mol. The van der Waals surface area contributed by atoms with Crippen molar-refractivity contribution in [3.63, 3.8) is 0 Å². The summed E-state index contributed by atoms with van der Waals surface area (Å²) >= 11 is 0. The maximum absolute atomic E-state index is 13.9. The summed E-state index contributed by atoms with van der Waals surface area (Å²) < 4.78 is 13.9. The Hall–Kier alpha value is -3.88. The molecule has 2 aromatic carbocycles. The fraction of sp³-hybridized carbons (Fsp3) is 0.227. The van der Waals surface area contributed by atoms with Gasteiger partial charge in [-0.15, -0.1) is 0 Å². The van der Waals surface area contributed by atoms with Gasteiger partial charge in [-0.05, 0) is 50.1 Å². The van der Waals surface area contributed by atoms with E-state index < -0.39 is 16.6 Å². The van der Waals surface area contributed by atoms with Crippen LogP contribution in [0.3, 0.4) is 0 Å². The molecule has 2 aromatic rings. The Kier molecular flexibility index (Phi) is 5.10. The summed E-state index contributed by atoms with van der Waals surface area (Å²) in [5, 5.41) is 13.2. The topological polar surface area (TPSA) is 110 Å². The van der Waals surface area contributed by atoms with Gasteiger partial charge < -0.3 is 5.32 Å². The first-order valence-electron chi connectivity index (χ1n) is 9.65. The summed E-state index contributed by atoms with van der Waals surface area (Å²) in [6.45, 7) is 1.94. The van der Waals surface area contributed by atoms with E-state index in [1.54, 1.807) is 0 Å². The predicted molar refractivity (Wildman–Crippen MR) is 110 cm³/mol. The summed E-state index contributed by atoms with van der Waals surface area (Å²) in [7, 11) is 0. The second kappa shape index (κ2) is 7.75. The molecule has 9 heteroatoms. The Morgan fingerprint density at radius 2 is 1.81 bits per heavy atom. The number of non-ortho nitro benzene ring substituents is 1. The van der Waals surface area contributed by atoms with Gasteiger partial charge in [-0.1, -0.05) is 11.6 Å². The van der Waals surface area contributed by atoms with Gasteiger partial charge in [0.15, 0.2) is 0 Å². The van der Waals surface area contributed by atoms with Crippen molar-refractivity contribution in [3.8, 4) is 0 Å². The van der Waals surface area contributed by atoms with Crippen LogP contribution >= 0.6 is 0 Å². The van der Waals surface area contributed by atoms with E-state index in [0.29, 0.717) is 18.5 Å². The first kappa shape index (κ1) is 20.4. The maximum Gasteiger partial charge on any atom is 0.271 e. The smallest absolute Gasteiger partial charge is 0.271 e. The highest BCUT2D eigenvalue weighted by atomic mass is 19.1. The van der Waals surface area contributed by atoms with Crippen LogP contribution in [0.1, 0.15) is 30.1 Å². The number of carbonyl (C=O) groups excluding carboxylic acids is 3. The van der Waals surface area contributed by atoms with Crippen LogP contribution in [0.4, 0.5) is 21.5 Å². The molecule has 1 aliphatic heterocycles. The van der Waals surface area contributed by atoms with Crippen molar-refractivity contribution in [3.05, 3.63) is 75.6 Å². The van der Waals surface area contributed by atoms with E-state index in [9.17, 15) is 28.9 Å². The molecule has 0 radical (unpaired) electrons. The minimum absolute atomic E-state index is 0.142. The van der Waals surface area contributed by atoms with E-state index in [2.05, 4.69) is 5.32 Å². The Bertz CT molecular complexity index is 1140. The highest BCUT2D eigenvalue weighted by Gasteiger charge is 2.48. The van der Waals surface area contributed by atoms with Gasteiger partial charge in [-0.3, -0.25) is 29.4 Å². The van der Waals surface area contributed by atoms with Crippen LogP contribution in [0.15, 0.2) is 54.1 Å². The molecular formula is C22H18FN3O5. The number of nitrogens with one attached hydrogen (secondary N) is 1. The molecule has 8 nitrogen and oxygen atoms in total. The number of imide groups is 1. The number of hydrogen-bond donors (Lipinski definition) is 1. The summed E-state index contributed by atoms with van der Waals surface area (Å²) in [6.07, 6.45) is 3.07. The zero-order valence-corrected chi connectivity index (χ0v) is 16.5. The van der Waals surface area contributed by atoms with Crippen molar-refractivity contribution in [1.82, 2.24) is 0 Å². The molecule has 0 unspecified atom stereocenters. The van der Waals surface area contributed by atoms with Crippen LogP contribution in [0.2, 0.25) is 0 Å². The van der Waals surface area contributed by atoms with Crippen molar-refractivity contribution in [2.75, 3.05) is 10.2 Å². The Balaban J connectivity index is 1.52. The van der Waals surface area contributed by atoms with Gasteiger partial charge in [-0.25, -0.2) is 4.39 Å². The number of hydrogen-bond acceptors (Lipinski definition) is 5. The lowest BCUT2D eigenvalue weighted by molar-refractivity contribution is -0.384. The first-order valence-corrected chi connectivity index (χ1v) is 9.65. The maximum atomic E-state index is 13.9. The molecule has 0 bridgehead atoms. The third-order valence-electron chi connectivity index (χ3n) is 5.62. The van der Waals surface area contributed by atoms with Crippen LogP contribution in [0.5, 0.6) is 0 Å². The number of benzene rings is 2. The lowest BCUT2D eigenvalue weighted by Gasteiger charge is -2.18. The molecule has 0 saturated carbocycles. The highest BCUT2D eigenvalue weighted by Crippen LogP contribution is 2.39. The van der Waals surface area contributed by atoms with Crippen molar-refractivity contribution in [2.24, 2.45) is 11.8 Å². The average molecular weight is 423 g/mol. The number of anilines is 2. The Labute approximate surface area is 176 Å². The fourth-order valence-electron chi connectivity index (χ4n) is 3.97. The minimum atomic E-state index is -0.810. The van der Waals surface area contributed by atoms with Gasteiger partial charge in [0.25, 0.3) is 11.6 Å². The molecule has 31 heavy (non-hydrogen) atoms. The van der Waals surface area contributed by atoms with E-state index in [-0.39, 0.29) is 40.6 Å². The Morgan fingerprint density at radius 1 is 1.13 bits per heavy atom. The standard InChI is InChI=1S/C22H18FN3O5/c1-12-2-8-16-17(10-12)22(29)25(21(16)28)14-5-3-13(4-6-14)20(27)24-19-11-15(26(30)31)7-9-18(19)23/h2-7,9,11,16-17H,8,10H2,1H3,(H,24,27)/t16-,17+/m0/s1. The molecule has 0 spiro atoms. The molecule has 3 amide bonds. The number of nitro benzene ring substituents is 1. The number of nitrogens with zero attached hydrogens (tertiary/aromatic N) is 2. The van der Waals surface area contributed by atoms with E-state index >= 15 is 0 Å². The van der Waals surface area contributed by atoms with Crippen LogP contribution in [0.25, 0.3) is 0 Å². The van der Waals surface area contributed by atoms with E-state index in [1.807, 2.05) is 13.0 Å². The number of nitro groups is 1. The highest BCUT2D eigenvalue weighted by molar-refractivity contribution is 6.22. The average Bonchev–Trinajstić information content (AvgIpc) is 2.99. The number of carbonyl (C=O) groups is 3. The summed E-state index contributed by atoms with van der Waals surface area (Å²) in [4.78, 5) is 49.3. The first-order chi connectivity index (χ1) is 14.8. The zero-order chi connectivity index (χ0) is 22.3. The molecule has 158 valence electrons. The second-order valence-electron chi connectivity index (χ2n) is 7.64. The minimum Gasteiger partial charge on any atom is -0.319 e. The molecule has 1 heterocycles. The number of amides is 3. The van der Waals surface area contributed by atoms with Crippen LogP contribution < -0.4 is 10.2 Å². The van der Waals surface area contributed by atoms with Gasteiger partial charge in [0, 0.05) is 17.7 Å². The molecule has 1 aliphatic carbocycles. The second-order valence-corrected chi connectivity index (χ2v) is 7.64. The van der Waals surface area contributed by atoms with Gasteiger partial charge in [0.2, 0.25) is 11.8 Å². The molecule has 2 atom stereocenters. The predicted octanol–water partition coefficient (Wildman–Crippen LogP) is 3.83. The number of rotatable bonds is 4. The van der Waals surface area contributed by atoms with Crippen molar-refractivity contribution < 1.29 is 23.7 Å². The van der Waals surface area contributed by atoms with Crippen LogP contribution in [-0.2, 0) is 9.59 Å². The largest absolute Gasteiger partial charge is 0.319 e. The summed E-state index contributed by atoms with van der Waals surface area (Å²) in [5.74, 6) is -2.73. The van der Waals surface area contributed by atoms with Crippen LogP contribution in [-0.4, -0.2) is 22.6 Å². The molecule has 0 aromatic heterocycles. The van der Waals surface area contributed by atoms with E-state index in [0.717, 1.165) is 28.7 Å². The number of fused-ring (bicyclic) bond motifs is 1. The van der Waals surface area contributed by atoms with Gasteiger partial charge in [0.1, 0.15) is 5.82 Å². The normalized spacial score (nSPS) is 20.3. The van der Waals surface area contributed by atoms with E-state index in [4.69, 9.17) is 0 Å². The third kappa shape index (κ3) is 3.70. The molecule has 1 fully saturated rings. The molecule has 1 saturated heterocycles. The fourth-order valence-corrected chi connectivity index (χ4v) is 3.97. The third-order valence-corrected chi connectivity index (χ3v) is 5.62. The molecule has 1 N–H and O–H groups in total. The van der Waals surface area contributed by atoms with Crippen molar-refractivity contribution >= 4 is 34.8 Å². The van der Waals surface area contributed by atoms with Gasteiger partial charge >= 0.3 is 0 Å². The molecule has 4 rings (SSSR count). The lowest BCUT2D eigenvalue weighted by Crippen LogP contribution is -2.30. The lowest BCUT2D eigenvalue weighted by atomic mass is 9.82. The van der Waals surface area contributed by atoms with E-state index in [1.165, 1.54) is 24.3 Å². The van der Waals surface area contributed by atoms with Crippen molar-refractivity contribution in [1.29, 1.82) is 0 Å². The quantitative estimate of drug-likeness (QED) is 0.348. The Morgan fingerprint density at radius 3 is 2.48 bits per heavy atom. The summed E-state index contributed by atoms with van der Waals surface area (Å²) in [5.41, 5.74) is 0.915. The number of halogens is 1.